The molecule has 0 unspecified atom stereocenters. The Labute approximate surface area is 131 Å². The molecule has 1 aromatic carbocycles. The van der Waals surface area contributed by atoms with E-state index in [1.165, 1.54) is 12.1 Å². The topological polar surface area (TPSA) is 55.8 Å². The van der Waals surface area contributed by atoms with Gasteiger partial charge in [-0.25, -0.2) is 8.42 Å². The van der Waals surface area contributed by atoms with Crippen LogP contribution in [-0.2, 0) is 13.8 Å². The predicted molar refractivity (Wildman–Crippen MR) is 79.9 cm³/mol. The van der Waals surface area contributed by atoms with Crippen molar-refractivity contribution in [1.29, 1.82) is 0 Å². The van der Waals surface area contributed by atoms with Gasteiger partial charge < -0.3 is 9.47 Å². The maximum atomic E-state index is 11.2. The normalized spacial score (nSPS) is 17.1. The highest BCUT2D eigenvalue weighted by atomic mass is 79.9. The molecule has 1 saturated heterocycles. The first-order valence-electron chi connectivity index (χ1n) is 6.14. The van der Waals surface area contributed by atoms with Crippen molar-refractivity contribution in [2.45, 2.75) is 4.90 Å². The van der Waals surface area contributed by atoms with Crippen LogP contribution in [0, 0.1) is 0 Å². The number of hydrogen-bond donors (Lipinski definition) is 0. The van der Waals surface area contributed by atoms with Gasteiger partial charge in [-0.05, 0) is 34.1 Å². The second kappa shape index (κ2) is 7.09. The molecule has 1 aromatic rings. The summed E-state index contributed by atoms with van der Waals surface area (Å²) in [5, 5.41) is 0. The van der Waals surface area contributed by atoms with Crippen LogP contribution in [0.5, 0.6) is 5.75 Å². The van der Waals surface area contributed by atoms with Crippen LogP contribution in [0.15, 0.2) is 27.6 Å². The minimum Gasteiger partial charge on any atom is -0.491 e. The van der Waals surface area contributed by atoms with Crippen LogP contribution < -0.4 is 4.74 Å². The number of nitrogens with zero attached hydrogens (tertiary/aromatic N) is 1. The Kier molecular flexibility index (Phi) is 5.68. The molecule has 0 aliphatic carbocycles. The van der Waals surface area contributed by atoms with Crippen molar-refractivity contribution in [3.63, 3.8) is 0 Å². The third-order valence-corrected chi connectivity index (χ3v) is 4.92. The average molecular weight is 385 g/mol. The molecule has 0 atom stereocenters. The van der Waals surface area contributed by atoms with Gasteiger partial charge in [0.2, 0.25) is 0 Å². The van der Waals surface area contributed by atoms with Crippen molar-refractivity contribution in [3.05, 3.63) is 22.7 Å². The molecule has 5 nitrogen and oxygen atoms in total. The van der Waals surface area contributed by atoms with Crippen LogP contribution in [0.2, 0.25) is 0 Å². The molecule has 0 amide bonds. The zero-order valence-electron chi connectivity index (χ0n) is 10.7. The summed E-state index contributed by atoms with van der Waals surface area (Å²) in [5.74, 6) is 0.599. The molecular formula is C12H15BrClNO4S. The summed E-state index contributed by atoms with van der Waals surface area (Å²) in [7, 11) is 1.57. The van der Waals surface area contributed by atoms with Crippen LogP contribution in [0.1, 0.15) is 0 Å². The van der Waals surface area contributed by atoms with E-state index in [1.807, 2.05) is 0 Å². The van der Waals surface area contributed by atoms with E-state index in [0.29, 0.717) is 16.8 Å². The lowest BCUT2D eigenvalue weighted by Gasteiger charge is -2.26. The SMILES string of the molecule is O=S(=O)(Cl)c1ccc(OCCN2CCOCC2)c(Br)c1. The number of ether oxygens (including phenoxy) is 2. The molecule has 0 spiro atoms. The maximum absolute atomic E-state index is 11.2. The summed E-state index contributed by atoms with van der Waals surface area (Å²) in [4.78, 5) is 2.31. The van der Waals surface area contributed by atoms with Crippen LogP contribution in [0.25, 0.3) is 0 Å². The van der Waals surface area contributed by atoms with Gasteiger partial charge in [-0.2, -0.15) is 0 Å². The van der Waals surface area contributed by atoms with Crippen molar-refractivity contribution in [2.24, 2.45) is 0 Å². The van der Waals surface area contributed by atoms with E-state index in [2.05, 4.69) is 20.8 Å². The number of hydrogen-bond acceptors (Lipinski definition) is 5. The van der Waals surface area contributed by atoms with Crippen LogP contribution in [0.4, 0.5) is 0 Å². The number of halogens is 2. The fraction of sp³-hybridized carbons (Fsp3) is 0.500. The molecule has 0 radical (unpaired) electrons. The third-order valence-electron chi connectivity index (χ3n) is 2.95. The van der Waals surface area contributed by atoms with Crippen molar-refractivity contribution < 1.29 is 17.9 Å². The largest absolute Gasteiger partial charge is 0.491 e. The molecule has 0 aromatic heterocycles. The predicted octanol–water partition coefficient (Wildman–Crippen LogP) is 2.09. The maximum Gasteiger partial charge on any atom is 0.261 e. The standard InChI is InChI=1S/C12H15BrClNO4S/c13-11-9-10(20(14,16)17)1-2-12(11)19-8-5-15-3-6-18-7-4-15/h1-2,9H,3-8H2. The molecule has 112 valence electrons. The fourth-order valence-electron chi connectivity index (χ4n) is 1.86. The lowest BCUT2D eigenvalue weighted by molar-refractivity contribution is 0.0322. The van der Waals surface area contributed by atoms with Gasteiger partial charge >= 0.3 is 0 Å². The summed E-state index contributed by atoms with van der Waals surface area (Å²) >= 11 is 3.28. The van der Waals surface area contributed by atoms with Gasteiger partial charge in [-0.1, -0.05) is 0 Å². The first-order valence-corrected chi connectivity index (χ1v) is 9.24. The molecule has 8 heteroatoms. The van der Waals surface area contributed by atoms with E-state index in [9.17, 15) is 8.42 Å². The second-order valence-electron chi connectivity index (χ2n) is 4.33. The number of morpholine rings is 1. The van der Waals surface area contributed by atoms with Crippen molar-refractivity contribution in [1.82, 2.24) is 4.90 Å². The first kappa shape index (κ1) is 16.0. The van der Waals surface area contributed by atoms with Gasteiger partial charge in [0.25, 0.3) is 9.05 Å². The van der Waals surface area contributed by atoms with Crippen molar-refractivity contribution >= 4 is 35.7 Å². The van der Waals surface area contributed by atoms with Gasteiger partial charge in [0.05, 0.1) is 22.6 Å². The Balaban J connectivity index is 1.90. The highest BCUT2D eigenvalue weighted by Crippen LogP contribution is 2.29. The second-order valence-corrected chi connectivity index (χ2v) is 7.75. The molecular weight excluding hydrogens is 370 g/mol. The Morgan fingerprint density at radius 1 is 1.35 bits per heavy atom. The molecule has 2 rings (SSSR count). The lowest BCUT2D eigenvalue weighted by Crippen LogP contribution is -2.38. The number of benzene rings is 1. The molecule has 0 N–H and O–H groups in total. The average Bonchev–Trinajstić information content (AvgIpc) is 2.40. The zero-order valence-corrected chi connectivity index (χ0v) is 13.9. The Morgan fingerprint density at radius 2 is 2.05 bits per heavy atom. The summed E-state index contributed by atoms with van der Waals surface area (Å²) < 4.78 is 33.9. The minimum absolute atomic E-state index is 0.0478. The summed E-state index contributed by atoms with van der Waals surface area (Å²) in [5.41, 5.74) is 0. The monoisotopic (exact) mass is 383 g/mol. The fourth-order valence-corrected chi connectivity index (χ4v) is 3.28. The van der Waals surface area contributed by atoms with Gasteiger partial charge in [0.1, 0.15) is 12.4 Å². The van der Waals surface area contributed by atoms with E-state index in [4.69, 9.17) is 20.2 Å². The molecule has 0 saturated carbocycles. The third kappa shape index (κ3) is 4.60. The van der Waals surface area contributed by atoms with E-state index < -0.39 is 9.05 Å². The minimum atomic E-state index is -3.72. The Bertz CT molecular complexity index is 561. The lowest BCUT2D eigenvalue weighted by atomic mass is 10.3. The van der Waals surface area contributed by atoms with Crippen LogP contribution in [0.3, 0.4) is 0 Å². The van der Waals surface area contributed by atoms with Crippen LogP contribution in [-0.4, -0.2) is 52.8 Å². The van der Waals surface area contributed by atoms with Gasteiger partial charge in [-0.15, -0.1) is 0 Å². The number of rotatable bonds is 5. The molecule has 1 aliphatic heterocycles. The highest BCUT2D eigenvalue weighted by molar-refractivity contribution is 9.10. The summed E-state index contributed by atoms with van der Waals surface area (Å²) in [6, 6.07) is 4.46. The van der Waals surface area contributed by atoms with Crippen molar-refractivity contribution in [2.75, 3.05) is 39.5 Å². The molecule has 1 aliphatic rings. The highest BCUT2D eigenvalue weighted by Gasteiger charge is 2.13. The Hall–Kier alpha value is -0.340. The molecule has 20 heavy (non-hydrogen) atoms. The zero-order chi connectivity index (χ0) is 14.6. The van der Waals surface area contributed by atoms with E-state index >= 15 is 0 Å². The van der Waals surface area contributed by atoms with Gasteiger partial charge in [-0.3, -0.25) is 4.90 Å². The first-order chi connectivity index (χ1) is 9.47. The van der Waals surface area contributed by atoms with E-state index in [1.54, 1.807) is 6.07 Å². The van der Waals surface area contributed by atoms with E-state index in [0.717, 1.165) is 32.8 Å². The van der Waals surface area contributed by atoms with Gasteiger partial charge in [0.15, 0.2) is 0 Å². The quantitative estimate of drug-likeness (QED) is 0.728. The smallest absolute Gasteiger partial charge is 0.261 e. The molecule has 0 bridgehead atoms. The summed E-state index contributed by atoms with van der Waals surface area (Å²) in [6.45, 7) is 4.68. The summed E-state index contributed by atoms with van der Waals surface area (Å²) in [6.07, 6.45) is 0. The molecule has 1 heterocycles. The van der Waals surface area contributed by atoms with E-state index in [-0.39, 0.29) is 4.90 Å². The molecule has 1 fully saturated rings. The van der Waals surface area contributed by atoms with Crippen molar-refractivity contribution in [3.8, 4) is 5.75 Å². The Morgan fingerprint density at radius 3 is 2.65 bits per heavy atom. The van der Waals surface area contributed by atoms with Crippen LogP contribution >= 0.6 is 26.6 Å². The van der Waals surface area contributed by atoms with Gasteiger partial charge in [0, 0.05) is 30.3 Å².